The third-order valence-electron chi connectivity index (χ3n) is 2.85. The van der Waals surface area contributed by atoms with Gasteiger partial charge in [0.15, 0.2) is 0 Å². The average molecular weight is 228 g/mol. The molecule has 1 aliphatic rings. The molecule has 84 valence electrons. The summed E-state index contributed by atoms with van der Waals surface area (Å²) in [6.45, 7) is 5.12. The van der Waals surface area contributed by atoms with E-state index in [1.807, 2.05) is 10.9 Å². The molecule has 1 aromatic heterocycles. The fraction of sp³-hybridized carbons (Fsp3) is 0.727. The minimum atomic E-state index is 0.385. The summed E-state index contributed by atoms with van der Waals surface area (Å²) in [6.07, 6.45) is 4.21. The smallest absolute Gasteiger partial charge is 0.0762 e. The van der Waals surface area contributed by atoms with E-state index in [0.29, 0.717) is 17.5 Å². The summed E-state index contributed by atoms with van der Waals surface area (Å²) < 4.78 is 1.99. The molecule has 1 aliphatic carbocycles. The first-order valence-corrected chi connectivity index (χ1v) is 6.00. The third-order valence-corrected chi connectivity index (χ3v) is 3.20. The Morgan fingerprint density at radius 2 is 2.33 bits per heavy atom. The summed E-state index contributed by atoms with van der Waals surface area (Å²) in [7, 11) is 0. The lowest BCUT2D eigenvalue weighted by atomic mass is 9.92. The lowest BCUT2D eigenvalue weighted by molar-refractivity contribution is 0.342. The fourth-order valence-electron chi connectivity index (χ4n) is 1.72. The highest BCUT2D eigenvalue weighted by atomic mass is 35.5. The van der Waals surface area contributed by atoms with Crippen LogP contribution >= 0.6 is 11.6 Å². The molecule has 1 N–H and O–H groups in total. The van der Waals surface area contributed by atoms with E-state index in [1.165, 1.54) is 0 Å². The van der Waals surface area contributed by atoms with Gasteiger partial charge in [-0.2, -0.15) is 5.10 Å². The summed E-state index contributed by atoms with van der Waals surface area (Å²) in [4.78, 5) is 0. The molecule has 0 atom stereocenters. The third kappa shape index (κ3) is 2.73. The second-order valence-electron chi connectivity index (χ2n) is 4.53. The van der Waals surface area contributed by atoms with Gasteiger partial charge in [0.25, 0.3) is 0 Å². The minimum Gasteiger partial charge on any atom is -0.308 e. The Hall–Kier alpha value is -0.540. The Labute approximate surface area is 95.8 Å². The van der Waals surface area contributed by atoms with Crippen molar-refractivity contribution in [3.05, 3.63) is 18.0 Å². The van der Waals surface area contributed by atoms with Crippen LogP contribution in [0.5, 0.6) is 0 Å². The number of nitrogens with zero attached hydrogens (tertiary/aromatic N) is 2. The predicted octanol–water partition coefficient (Wildman–Crippen LogP) is 2.32. The number of nitrogens with one attached hydrogen (secondary N) is 1. The zero-order valence-corrected chi connectivity index (χ0v) is 10.0. The quantitative estimate of drug-likeness (QED) is 0.801. The molecule has 0 aromatic carbocycles. The van der Waals surface area contributed by atoms with Gasteiger partial charge in [0.05, 0.1) is 5.69 Å². The van der Waals surface area contributed by atoms with Crippen LogP contribution < -0.4 is 5.32 Å². The number of rotatable bonds is 4. The Morgan fingerprint density at radius 3 is 2.87 bits per heavy atom. The Balaban J connectivity index is 1.78. The maximum Gasteiger partial charge on any atom is 0.0762 e. The summed E-state index contributed by atoms with van der Waals surface area (Å²) in [6, 6.07) is 3.11. The summed E-state index contributed by atoms with van der Waals surface area (Å²) in [5, 5.41) is 8.32. The molecular weight excluding hydrogens is 210 g/mol. The van der Waals surface area contributed by atoms with Crippen LogP contribution in [-0.4, -0.2) is 21.2 Å². The largest absolute Gasteiger partial charge is 0.308 e. The van der Waals surface area contributed by atoms with Gasteiger partial charge in [0.2, 0.25) is 0 Å². The first-order valence-electron chi connectivity index (χ1n) is 5.56. The first-order chi connectivity index (χ1) is 7.15. The van der Waals surface area contributed by atoms with Crippen LogP contribution in [0.15, 0.2) is 12.3 Å². The Bertz CT molecular complexity index is 315. The summed E-state index contributed by atoms with van der Waals surface area (Å²) >= 11 is 5.91. The predicted molar refractivity (Wildman–Crippen MR) is 62.1 cm³/mol. The number of alkyl halides is 1. The van der Waals surface area contributed by atoms with Crippen LogP contribution in [-0.2, 0) is 6.54 Å². The van der Waals surface area contributed by atoms with Crippen LogP contribution in [0, 0.1) is 0 Å². The normalized spacial score (nSPS) is 25.6. The molecular formula is C11H18ClN3. The Morgan fingerprint density at radius 1 is 1.60 bits per heavy atom. The lowest BCUT2D eigenvalue weighted by Crippen LogP contribution is -2.41. The lowest BCUT2D eigenvalue weighted by Gasteiger charge is -2.31. The molecule has 0 amide bonds. The number of hydrogen-bond donors (Lipinski definition) is 1. The number of hydrogen-bond acceptors (Lipinski definition) is 2. The monoisotopic (exact) mass is 227 g/mol. The van der Waals surface area contributed by atoms with Crippen molar-refractivity contribution >= 4 is 11.6 Å². The average Bonchev–Trinajstić information content (AvgIpc) is 2.59. The molecule has 0 spiro atoms. The van der Waals surface area contributed by atoms with Crippen molar-refractivity contribution in [3.8, 4) is 0 Å². The second kappa shape index (κ2) is 4.54. The van der Waals surface area contributed by atoms with Crippen LogP contribution in [0.1, 0.15) is 38.4 Å². The standard InChI is InChI=1S/C11H18ClN3/c1-8(2)15-4-3-10(14-15)7-13-11-5-9(12)6-11/h3-4,8-9,11,13H,5-7H2,1-2H3. The van der Waals surface area contributed by atoms with E-state index < -0.39 is 0 Å². The van der Waals surface area contributed by atoms with E-state index in [-0.39, 0.29) is 0 Å². The van der Waals surface area contributed by atoms with E-state index in [9.17, 15) is 0 Å². The highest BCUT2D eigenvalue weighted by Crippen LogP contribution is 2.25. The highest BCUT2D eigenvalue weighted by Gasteiger charge is 2.26. The molecule has 0 unspecified atom stereocenters. The van der Waals surface area contributed by atoms with Crippen LogP contribution in [0.25, 0.3) is 0 Å². The van der Waals surface area contributed by atoms with Crippen molar-refractivity contribution in [2.24, 2.45) is 0 Å². The van der Waals surface area contributed by atoms with Crippen molar-refractivity contribution in [2.75, 3.05) is 0 Å². The van der Waals surface area contributed by atoms with Gasteiger partial charge < -0.3 is 5.32 Å². The maximum absolute atomic E-state index is 5.91. The van der Waals surface area contributed by atoms with E-state index >= 15 is 0 Å². The van der Waals surface area contributed by atoms with Crippen LogP contribution in [0.4, 0.5) is 0 Å². The van der Waals surface area contributed by atoms with E-state index in [2.05, 4.69) is 30.3 Å². The van der Waals surface area contributed by atoms with Crippen molar-refractivity contribution in [2.45, 2.75) is 50.7 Å². The SMILES string of the molecule is CC(C)n1ccc(CNC2CC(Cl)C2)n1. The molecule has 0 bridgehead atoms. The minimum absolute atomic E-state index is 0.385. The molecule has 0 saturated heterocycles. The van der Waals surface area contributed by atoms with E-state index in [0.717, 1.165) is 25.1 Å². The van der Waals surface area contributed by atoms with Gasteiger partial charge in [0, 0.05) is 30.2 Å². The van der Waals surface area contributed by atoms with E-state index in [1.54, 1.807) is 0 Å². The van der Waals surface area contributed by atoms with Crippen molar-refractivity contribution in [3.63, 3.8) is 0 Å². The Kier molecular flexibility index (Phi) is 3.32. The summed E-state index contributed by atoms with van der Waals surface area (Å²) in [5.74, 6) is 0. The first kappa shape index (κ1) is 11.0. The van der Waals surface area contributed by atoms with Gasteiger partial charge in [-0.15, -0.1) is 11.6 Å². The fourth-order valence-corrected chi connectivity index (χ4v) is 2.15. The molecule has 4 heteroatoms. The van der Waals surface area contributed by atoms with Gasteiger partial charge in [-0.25, -0.2) is 0 Å². The van der Waals surface area contributed by atoms with Gasteiger partial charge in [0.1, 0.15) is 0 Å². The molecule has 0 aliphatic heterocycles. The molecule has 1 saturated carbocycles. The molecule has 1 aromatic rings. The molecule has 15 heavy (non-hydrogen) atoms. The second-order valence-corrected chi connectivity index (χ2v) is 5.14. The number of aromatic nitrogens is 2. The molecule has 3 nitrogen and oxygen atoms in total. The molecule has 1 fully saturated rings. The van der Waals surface area contributed by atoms with Gasteiger partial charge in [-0.1, -0.05) is 0 Å². The van der Waals surface area contributed by atoms with Gasteiger partial charge in [-0.05, 0) is 32.8 Å². The molecule has 2 rings (SSSR count). The van der Waals surface area contributed by atoms with Gasteiger partial charge >= 0.3 is 0 Å². The highest BCUT2D eigenvalue weighted by molar-refractivity contribution is 6.21. The topological polar surface area (TPSA) is 29.9 Å². The van der Waals surface area contributed by atoms with Crippen LogP contribution in [0.2, 0.25) is 0 Å². The van der Waals surface area contributed by atoms with Crippen molar-refractivity contribution in [1.29, 1.82) is 0 Å². The van der Waals surface area contributed by atoms with Crippen LogP contribution in [0.3, 0.4) is 0 Å². The zero-order valence-electron chi connectivity index (χ0n) is 9.28. The van der Waals surface area contributed by atoms with E-state index in [4.69, 9.17) is 11.6 Å². The maximum atomic E-state index is 5.91. The van der Waals surface area contributed by atoms with Crippen molar-refractivity contribution < 1.29 is 0 Å². The van der Waals surface area contributed by atoms with Crippen molar-refractivity contribution in [1.82, 2.24) is 15.1 Å². The molecule has 0 radical (unpaired) electrons. The number of halogens is 1. The summed E-state index contributed by atoms with van der Waals surface area (Å²) in [5.41, 5.74) is 1.11. The molecule has 1 heterocycles. The van der Waals surface area contributed by atoms with Gasteiger partial charge in [-0.3, -0.25) is 4.68 Å². The zero-order chi connectivity index (χ0) is 10.8.